The lowest BCUT2D eigenvalue weighted by molar-refractivity contribution is -0.107. The molecule has 1 heterocycles. The van der Waals surface area contributed by atoms with E-state index in [0.717, 1.165) is 16.9 Å². The average molecular weight is 262 g/mol. The van der Waals surface area contributed by atoms with E-state index in [1.54, 1.807) is 24.4 Å². The van der Waals surface area contributed by atoms with Crippen molar-refractivity contribution in [3.63, 3.8) is 0 Å². The van der Waals surface area contributed by atoms with Gasteiger partial charge < -0.3 is 4.79 Å². The second kappa shape index (κ2) is 6.26. The Morgan fingerprint density at radius 3 is 2.72 bits per heavy atom. The van der Waals surface area contributed by atoms with Crippen LogP contribution in [0.2, 0.25) is 0 Å². The Kier molecular flexibility index (Phi) is 4.41. The zero-order valence-electron chi connectivity index (χ0n) is 9.54. The van der Waals surface area contributed by atoms with Gasteiger partial charge in [-0.3, -0.25) is 0 Å². The molecule has 0 fully saturated rings. The molecule has 0 saturated heterocycles. The molecule has 18 heavy (non-hydrogen) atoms. The molecule has 0 atom stereocenters. The summed E-state index contributed by atoms with van der Waals surface area (Å²) < 4.78 is 12.7. The van der Waals surface area contributed by atoms with Crippen molar-refractivity contribution >= 4 is 18.0 Å². The molecule has 0 aliphatic heterocycles. The molecule has 0 N–H and O–H groups in total. The fraction of sp³-hybridized carbons (Fsp3) is 0.154. The number of benzene rings is 1. The number of hydrogen-bond donors (Lipinski definition) is 0. The van der Waals surface area contributed by atoms with Crippen LogP contribution < -0.4 is 0 Å². The molecular weight excluding hydrogens is 251 g/mol. The fourth-order valence-electron chi connectivity index (χ4n) is 1.39. The molecule has 0 saturated carbocycles. The summed E-state index contributed by atoms with van der Waals surface area (Å²) in [5.41, 5.74) is 0.717. The number of aldehydes is 1. The van der Waals surface area contributed by atoms with Crippen molar-refractivity contribution in [3.8, 4) is 0 Å². The highest BCUT2D eigenvalue weighted by Gasteiger charge is 2.01. The van der Waals surface area contributed by atoms with Crippen molar-refractivity contribution in [1.29, 1.82) is 0 Å². The topological polar surface area (TPSA) is 42.9 Å². The molecule has 0 spiro atoms. The minimum atomic E-state index is -0.247. The number of carbonyl (C=O) groups excluding carboxylic acids is 1. The van der Waals surface area contributed by atoms with Crippen LogP contribution in [-0.2, 0) is 17.0 Å². The normalized spacial score (nSPS) is 10.3. The smallest absolute Gasteiger partial charge is 0.138 e. The van der Waals surface area contributed by atoms with Crippen molar-refractivity contribution in [2.24, 2.45) is 0 Å². The highest BCUT2D eigenvalue weighted by Crippen LogP contribution is 2.21. The van der Waals surface area contributed by atoms with Gasteiger partial charge in [0, 0.05) is 17.5 Å². The number of aromatic nitrogens is 2. The summed E-state index contributed by atoms with van der Waals surface area (Å²) in [7, 11) is 0. The van der Waals surface area contributed by atoms with Gasteiger partial charge >= 0.3 is 0 Å². The van der Waals surface area contributed by atoms with Gasteiger partial charge in [-0.2, -0.15) is 0 Å². The highest BCUT2D eigenvalue weighted by atomic mass is 32.2. The molecule has 2 rings (SSSR count). The van der Waals surface area contributed by atoms with Gasteiger partial charge in [0.2, 0.25) is 0 Å². The molecule has 3 nitrogen and oxygen atoms in total. The van der Waals surface area contributed by atoms with Gasteiger partial charge in [0.25, 0.3) is 0 Å². The minimum Gasteiger partial charge on any atom is -0.303 e. The Morgan fingerprint density at radius 1 is 1.22 bits per heavy atom. The summed E-state index contributed by atoms with van der Waals surface area (Å²) >= 11 is 1.53. The maximum absolute atomic E-state index is 12.7. The first kappa shape index (κ1) is 12.7. The van der Waals surface area contributed by atoms with E-state index in [2.05, 4.69) is 9.97 Å². The van der Waals surface area contributed by atoms with Crippen LogP contribution in [0.1, 0.15) is 11.5 Å². The third kappa shape index (κ3) is 3.63. The van der Waals surface area contributed by atoms with E-state index >= 15 is 0 Å². The zero-order valence-corrected chi connectivity index (χ0v) is 10.4. The Labute approximate surface area is 108 Å². The summed E-state index contributed by atoms with van der Waals surface area (Å²) in [6.45, 7) is 0. The molecule has 0 aliphatic carbocycles. The average Bonchev–Trinajstić information content (AvgIpc) is 2.39. The van der Waals surface area contributed by atoms with Gasteiger partial charge in [0.15, 0.2) is 0 Å². The maximum Gasteiger partial charge on any atom is 0.138 e. The molecule has 1 aromatic carbocycles. The van der Waals surface area contributed by atoms with Gasteiger partial charge in [0.05, 0.1) is 11.4 Å². The number of rotatable bonds is 5. The van der Waals surface area contributed by atoms with E-state index in [-0.39, 0.29) is 5.82 Å². The summed E-state index contributed by atoms with van der Waals surface area (Å²) in [4.78, 5) is 19.7. The van der Waals surface area contributed by atoms with Crippen molar-refractivity contribution < 1.29 is 9.18 Å². The van der Waals surface area contributed by atoms with Crippen LogP contribution >= 0.6 is 11.8 Å². The van der Waals surface area contributed by atoms with Crippen LogP contribution in [0.5, 0.6) is 0 Å². The number of thioether (sulfide) groups is 1. The van der Waals surface area contributed by atoms with Crippen LogP contribution in [0.25, 0.3) is 0 Å². The number of carbonyl (C=O) groups is 1. The van der Waals surface area contributed by atoms with Crippen LogP contribution in [-0.4, -0.2) is 16.3 Å². The van der Waals surface area contributed by atoms with Gasteiger partial charge in [-0.25, -0.2) is 14.4 Å². The van der Waals surface area contributed by atoms with Crippen LogP contribution in [0, 0.1) is 5.82 Å². The molecule has 0 bridgehead atoms. The lowest BCUT2D eigenvalue weighted by atomic mass is 10.3. The molecule has 0 radical (unpaired) electrons. The summed E-state index contributed by atoms with van der Waals surface area (Å²) in [6.07, 6.45) is 2.77. The summed E-state index contributed by atoms with van der Waals surface area (Å²) in [6, 6.07) is 8.00. The third-order valence-corrected chi connectivity index (χ3v) is 3.25. The van der Waals surface area contributed by atoms with E-state index in [1.807, 2.05) is 0 Å². The molecular formula is C13H11FN2OS. The number of nitrogens with zero attached hydrogens (tertiary/aromatic N) is 2. The zero-order chi connectivity index (χ0) is 12.8. The summed E-state index contributed by atoms with van der Waals surface area (Å²) in [5, 5.41) is 0. The van der Waals surface area contributed by atoms with Gasteiger partial charge in [-0.1, -0.05) is 0 Å². The first-order chi connectivity index (χ1) is 8.78. The molecule has 0 amide bonds. The number of hydrogen-bond acceptors (Lipinski definition) is 4. The van der Waals surface area contributed by atoms with Crippen molar-refractivity contribution in [3.05, 3.63) is 53.9 Å². The monoisotopic (exact) mass is 262 g/mol. The van der Waals surface area contributed by atoms with Gasteiger partial charge in [-0.15, -0.1) is 11.8 Å². The second-order valence-corrected chi connectivity index (χ2v) is 4.63. The Hall–Kier alpha value is -1.75. The van der Waals surface area contributed by atoms with Crippen LogP contribution in [0.3, 0.4) is 0 Å². The first-order valence-electron chi connectivity index (χ1n) is 5.41. The van der Waals surface area contributed by atoms with Crippen molar-refractivity contribution in [2.45, 2.75) is 17.1 Å². The van der Waals surface area contributed by atoms with Crippen molar-refractivity contribution in [2.75, 3.05) is 0 Å². The van der Waals surface area contributed by atoms with E-state index in [0.29, 0.717) is 18.0 Å². The standard InChI is InChI=1S/C13H11FN2OS/c14-10-1-3-12(4-2-10)18-9-13-15-7-5-11(16-13)6-8-17/h1-5,7-8H,6,9H2. The molecule has 0 aliphatic rings. The second-order valence-electron chi connectivity index (χ2n) is 3.58. The maximum atomic E-state index is 12.7. The van der Waals surface area contributed by atoms with Crippen LogP contribution in [0.4, 0.5) is 4.39 Å². The predicted molar refractivity (Wildman–Crippen MR) is 67.8 cm³/mol. The van der Waals surface area contributed by atoms with E-state index in [9.17, 15) is 9.18 Å². The minimum absolute atomic E-state index is 0.247. The Bertz CT molecular complexity index is 531. The highest BCUT2D eigenvalue weighted by molar-refractivity contribution is 7.98. The number of halogens is 1. The Morgan fingerprint density at radius 2 is 2.00 bits per heavy atom. The SMILES string of the molecule is O=CCc1ccnc(CSc2ccc(F)cc2)n1. The van der Waals surface area contributed by atoms with Gasteiger partial charge in [-0.05, 0) is 30.3 Å². The lowest BCUT2D eigenvalue weighted by Crippen LogP contribution is -1.98. The quantitative estimate of drug-likeness (QED) is 0.613. The first-order valence-corrected chi connectivity index (χ1v) is 6.39. The third-order valence-electron chi connectivity index (χ3n) is 2.24. The molecule has 5 heteroatoms. The lowest BCUT2D eigenvalue weighted by Gasteiger charge is -2.02. The molecule has 1 aromatic heterocycles. The summed E-state index contributed by atoms with van der Waals surface area (Å²) in [5.74, 6) is 1.02. The Balaban J connectivity index is 1.99. The fourth-order valence-corrected chi connectivity index (χ4v) is 2.15. The van der Waals surface area contributed by atoms with E-state index in [4.69, 9.17) is 0 Å². The van der Waals surface area contributed by atoms with Crippen molar-refractivity contribution in [1.82, 2.24) is 9.97 Å². The molecule has 92 valence electrons. The largest absolute Gasteiger partial charge is 0.303 e. The van der Waals surface area contributed by atoms with Crippen LogP contribution in [0.15, 0.2) is 41.4 Å². The molecule has 2 aromatic rings. The predicted octanol–water partition coefficient (Wildman–Crippen LogP) is 2.65. The van der Waals surface area contributed by atoms with E-state index in [1.165, 1.54) is 23.9 Å². The molecule has 0 unspecified atom stereocenters. The van der Waals surface area contributed by atoms with Gasteiger partial charge in [0.1, 0.15) is 17.9 Å². The van der Waals surface area contributed by atoms with E-state index < -0.39 is 0 Å².